The van der Waals surface area contributed by atoms with E-state index in [1.165, 1.54) is 0 Å². The highest BCUT2D eigenvalue weighted by molar-refractivity contribution is 9.10. The van der Waals surface area contributed by atoms with E-state index in [0.717, 1.165) is 55.6 Å². The Kier molecular flexibility index (Phi) is 4.70. The summed E-state index contributed by atoms with van der Waals surface area (Å²) >= 11 is 3.75. The number of hydrogen-bond donors (Lipinski definition) is 1. The summed E-state index contributed by atoms with van der Waals surface area (Å²) in [6.45, 7) is 4.35. The van der Waals surface area contributed by atoms with Crippen molar-refractivity contribution in [2.45, 2.75) is 32.6 Å². The lowest BCUT2D eigenvalue weighted by atomic mass is 9.68. The maximum atomic E-state index is 13.5. The van der Waals surface area contributed by atoms with Crippen LogP contribution >= 0.6 is 15.9 Å². The van der Waals surface area contributed by atoms with Gasteiger partial charge in [-0.05, 0) is 69.2 Å². The molecule has 2 heterocycles. The number of nitrogens with one attached hydrogen (secondary N) is 1. The van der Waals surface area contributed by atoms with Crippen molar-refractivity contribution < 1.29 is 4.79 Å². The Hall–Kier alpha value is -2.66. The smallest absolute Gasteiger partial charge is 0.162 e. The molecule has 0 fully saturated rings. The number of Topliss-reactive ketones (excluding diaryl/α,β-unsaturated/α-hetero) is 1. The predicted molar refractivity (Wildman–Crippen MR) is 131 cm³/mol. The molecule has 1 atom stereocenters. The van der Waals surface area contributed by atoms with Crippen LogP contribution < -0.4 is 10.2 Å². The topological polar surface area (TPSA) is 45.2 Å². The van der Waals surface area contributed by atoms with Crippen molar-refractivity contribution in [3.05, 3.63) is 75.5 Å². The van der Waals surface area contributed by atoms with Gasteiger partial charge in [-0.3, -0.25) is 9.78 Å². The molecule has 0 radical (unpaired) electrons. The van der Waals surface area contributed by atoms with Crippen LogP contribution in [0.15, 0.2) is 64.4 Å². The average Bonchev–Trinajstić information content (AvgIpc) is 2.70. The maximum Gasteiger partial charge on any atom is 0.162 e. The minimum atomic E-state index is -0.115. The number of aromatic nitrogens is 1. The summed E-state index contributed by atoms with van der Waals surface area (Å²) in [5.41, 5.74) is 7.33. The SMILES string of the molecule is CN(C)c1ccc(C2C3=C(CC(C)(C)CC3=O)Nc3ccc4ncccc4c32)cc1Br. The number of rotatable bonds is 2. The molecule has 4 nitrogen and oxygen atoms in total. The number of allylic oxidation sites excluding steroid dienone is 2. The molecule has 1 N–H and O–H groups in total. The molecule has 1 aromatic heterocycles. The minimum absolute atomic E-state index is 0.0429. The molecule has 1 unspecified atom stereocenters. The molecular formula is C26H26BrN3O. The van der Waals surface area contributed by atoms with E-state index in [9.17, 15) is 4.79 Å². The monoisotopic (exact) mass is 475 g/mol. The van der Waals surface area contributed by atoms with Gasteiger partial charge in [-0.25, -0.2) is 0 Å². The second-order valence-corrected chi connectivity index (χ2v) is 10.4. The summed E-state index contributed by atoms with van der Waals surface area (Å²) < 4.78 is 1.03. The second-order valence-electron chi connectivity index (χ2n) is 9.59. The van der Waals surface area contributed by atoms with Crippen molar-refractivity contribution in [2.24, 2.45) is 5.41 Å². The lowest BCUT2D eigenvalue weighted by Gasteiger charge is -2.40. The number of hydrogen-bond acceptors (Lipinski definition) is 4. The summed E-state index contributed by atoms with van der Waals surface area (Å²) in [6, 6.07) is 14.7. The Balaban J connectivity index is 1.79. The number of ketones is 1. The van der Waals surface area contributed by atoms with Gasteiger partial charge in [0.15, 0.2) is 5.78 Å². The number of anilines is 2. The van der Waals surface area contributed by atoms with Crippen molar-refractivity contribution in [3.63, 3.8) is 0 Å². The van der Waals surface area contributed by atoms with Gasteiger partial charge in [-0.1, -0.05) is 26.0 Å². The number of pyridine rings is 1. The molecule has 2 aliphatic rings. The molecular weight excluding hydrogens is 450 g/mol. The van der Waals surface area contributed by atoms with E-state index in [4.69, 9.17) is 0 Å². The molecule has 3 aromatic rings. The Morgan fingerprint density at radius 3 is 2.68 bits per heavy atom. The second kappa shape index (κ2) is 7.20. The van der Waals surface area contributed by atoms with Crippen molar-refractivity contribution in [3.8, 4) is 0 Å². The Morgan fingerprint density at radius 1 is 1.13 bits per heavy atom. The van der Waals surface area contributed by atoms with Gasteiger partial charge < -0.3 is 10.2 Å². The van der Waals surface area contributed by atoms with Gasteiger partial charge in [0.05, 0.1) is 11.2 Å². The van der Waals surface area contributed by atoms with Crippen LogP contribution in [-0.2, 0) is 4.79 Å². The summed E-state index contributed by atoms with van der Waals surface area (Å²) in [5, 5.41) is 4.72. The van der Waals surface area contributed by atoms with Crippen LogP contribution in [0.5, 0.6) is 0 Å². The standard InChI is InChI=1S/C26H26BrN3O/c1-26(2)13-20-25(22(31)14-26)23(15-7-10-21(30(3)4)17(27)12-15)24-16-6-5-11-28-18(16)8-9-19(24)29-20/h5-12,23,29H,13-14H2,1-4H3. The van der Waals surface area contributed by atoms with Crippen LogP contribution in [-0.4, -0.2) is 24.9 Å². The van der Waals surface area contributed by atoms with Gasteiger partial charge in [0.25, 0.3) is 0 Å². The molecule has 0 saturated heterocycles. The molecule has 0 amide bonds. The third-order valence-electron chi connectivity index (χ3n) is 6.40. The van der Waals surface area contributed by atoms with E-state index < -0.39 is 0 Å². The van der Waals surface area contributed by atoms with Crippen LogP contribution in [0.2, 0.25) is 0 Å². The lowest BCUT2D eigenvalue weighted by Crippen LogP contribution is -2.34. The summed E-state index contributed by atoms with van der Waals surface area (Å²) in [7, 11) is 4.07. The van der Waals surface area contributed by atoms with Crippen LogP contribution in [0.25, 0.3) is 10.9 Å². The normalized spacial score (nSPS) is 19.6. The molecule has 31 heavy (non-hydrogen) atoms. The summed E-state index contributed by atoms with van der Waals surface area (Å²) in [5.74, 6) is 0.123. The average molecular weight is 476 g/mol. The zero-order valence-corrected chi connectivity index (χ0v) is 19.9. The first kappa shape index (κ1) is 20.3. The molecule has 0 saturated carbocycles. The first-order chi connectivity index (χ1) is 14.7. The van der Waals surface area contributed by atoms with Crippen LogP contribution in [0, 0.1) is 5.41 Å². The van der Waals surface area contributed by atoms with Crippen molar-refractivity contribution >= 4 is 44.0 Å². The summed E-state index contributed by atoms with van der Waals surface area (Å²) in [6.07, 6.45) is 3.26. The van der Waals surface area contributed by atoms with Crippen LogP contribution in [0.1, 0.15) is 43.7 Å². The highest BCUT2D eigenvalue weighted by atomic mass is 79.9. The highest BCUT2D eigenvalue weighted by Crippen LogP contribution is 2.51. The molecule has 5 heteroatoms. The van der Waals surface area contributed by atoms with Crippen LogP contribution in [0.4, 0.5) is 11.4 Å². The number of carbonyl (C=O) groups is 1. The maximum absolute atomic E-state index is 13.5. The zero-order valence-electron chi connectivity index (χ0n) is 18.3. The zero-order chi connectivity index (χ0) is 21.9. The van der Waals surface area contributed by atoms with E-state index in [1.807, 2.05) is 26.4 Å². The Labute approximate surface area is 191 Å². The predicted octanol–water partition coefficient (Wildman–Crippen LogP) is 6.26. The highest BCUT2D eigenvalue weighted by Gasteiger charge is 2.41. The van der Waals surface area contributed by atoms with Gasteiger partial charge in [0, 0.05) is 59.4 Å². The number of nitrogens with zero attached hydrogens (tertiary/aromatic N) is 2. The fourth-order valence-corrected chi connectivity index (χ4v) is 5.83. The molecule has 0 bridgehead atoms. The molecule has 158 valence electrons. The van der Waals surface area contributed by atoms with E-state index in [0.29, 0.717) is 6.42 Å². The molecule has 1 aliphatic heterocycles. The van der Waals surface area contributed by atoms with E-state index >= 15 is 0 Å². The number of carbonyl (C=O) groups excluding carboxylic acids is 1. The molecule has 5 rings (SSSR count). The third kappa shape index (κ3) is 3.35. The van der Waals surface area contributed by atoms with Crippen LogP contribution in [0.3, 0.4) is 0 Å². The molecule has 0 spiro atoms. The molecule has 2 aromatic carbocycles. The van der Waals surface area contributed by atoms with Crippen molar-refractivity contribution in [2.75, 3.05) is 24.3 Å². The van der Waals surface area contributed by atoms with Crippen molar-refractivity contribution in [1.82, 2.24) is 4.98 Å². The first-order valence-corrected chi connectivity index (χ1v) is 11.4. The Morgan fingerprint density at radius 2 is 1.94 bits per heavy atom. The van der Waals surface area contributed by atoms with E-state index in [1.54, 1.807) is 0 Å². The summed E-state index contributed by atoms with van der Waals surface area (Å²) in [4.78, 5) is 20.2. The first-order valence-electron chi connectivity index (χ1n) is 10.6. The quantitative estimate of drug-likeness (QED) is 0.474. The fraction of sp³-hybridized carbons (Fsp3) is 0.308. The minimum Gasteiger partial charge on any atom is -0.377 e. The molecule has 1 aliphatic carbocycles. The van der Waals surface area contributed by atoms with Gasteiger partial charge in [0.1, 0.15) is 0 Å². The van der Waals surface area contributed by atoms with E-state index in [-0.39, 0.29) is 17.1 Å². The number of fused-ring (bicyclic) bond motifs is 3. The van der Waals surface area contributed by atoms with Gasteiger partial charge in [0.2, 0.25) is 0 Å². The number of halogens is 1. The van der Waals surface area contributed by atoms with Gasteiger partial charge in [-0.15, -0.1) is 0 Å². The van der Waals surface area contributed by atoms with Crippen molar-refractivity contribution in [1.29, 1.82) is 0 Å². The van der Waals surface area contributed by atoms with Gasteiger partial charge >= 0.3 is 0 Å². The van der Waals surface area contributed by atoms with E-state index in [2.05, 4.69) is 81.4 Å². The fourth-order valence-electron chi connectivity index (χ4n) is 5.08. The lowest BCUT2D eigenvalue weighted by molar-refractivity contribution is -0.118. The number of benzene rings is 2. The van der Waals surface area contributed by atoms with Gasteiger partial charge in [-0.2, -0.15) is 0 Å². The Bertz CT molecular complexity index is 1260. The third-order valence-corrected chi connectivity index (χ3v) is 7.03. The largest absolute Gasteiger partial charge is 0.377 e.